The normalized spacial score (nSPS) is 16.8. The van der Waals surface area contributed by atoms with Crippen LogP contribution in [0.2, 0.25) is 0 Å². The quantitative estimate of drug-likeness (QED) is 0.704. The molecule has 1 atom stereocenters. The molecule has 1 aliphatic heterocycles. The van der Waals surface area contributed by atoms with Crippen LogP contribution < -0.4 is 10.6 Å². The molecule has 0 radical (unpaired) electrons. The first kappa shape index (κ1) is 18.6. The van der Waals surface area contributed by atoms with Gasteiger partial charge in [0.05, 0.1) is 17.1 Å². The standard InChI is InChI=1S/C22H25FN4O/c1-13(2)27-20-12-16(23)7-9-18(20)25-21(27)15-6-8-17(14(3)11-15)26-22(28)19-5-4-10-24-19/h6-9,11-13,19,24H,4-5,10H2,1-3H3,(H,26,28). The Morgan fingerprint density at radius 3 is 2.79 bits per heavy atom. The van der Waals surface area contributed by atoms with Crippen molar-refractivity contribution in [3.05, 3.63) is 47.8 Å². The van der Waals surface area contributed by atoms with Gasteiger partial charge in [-0.15, -0.1) is 0 Å². The molecule has 1 aromatic heterocycles. The number of nitrogens with one attached hydrogen (secondary N) is 2. The summed E-state index contributed by atoms with van der Waals surface area (Å²) in [4.78, 5) is 17.1. The van der Waals surface area contributed by atoms with Gasteiger partial charge in [0.15, 0.2) is 0 Å². The Balaban J connectivity index is 1.69. The first-order valence-electron chi connectivity index (χ1n) is 9.77. The van der Waals surface area contributed by atoms with E-state index in [4.69, 9.17) is 4.98 Å². The number of anilines is 1. The molecule has 1 amide bonds. The molecule has 3 aromatic rings. The van der Waals surface area contributed by atoms with Crippen LogP contribution in [0.15, 0.2) is 36.4 Å². The van der Waals surface area contributed by atoms with E-state index >= 15 is 0 Å². The third-order valence-corrected chi connectivity index (χ3v) is 5.29. The van der Waals surface area contributed by atoms with Crippen LogP contribution in [0.5, 0.6) is 0 Å². The molecule has 2 N–H and O–H groups in total. The summed E-state index contributed by atoms with van der Waals surface area (Å²) < 4.78 is 15.8. The molecule has 5 nitrogen and oxygen atoms in total. The lowest BCUT2D eigenvalue weighted by atomic mass is 10.1. The van der Waals surface area contributed by atoms with Crippen LogP contribution in [-0.2, 0) is 4.79 Å². The lowest BCUT2D eigenvalue weighted by molar-refractivity contribution is -0.117. The minimum atomic E-state index is -0.268. The molecule has 2 heterocycles. The van der Waals surface area contributed by atoms with E-state index in [1.165, 1.54) is 12.1 Å². The SMILES string of the molecule is Cc1cc(-c2nc3ccc(F)cc3n2C(C)C)ccc1NC(=O)C1CCCN1. The number of imidazole rings is 1. The van der Waals surface area contributed by atoms with Crippen LogP contribution in [0.3, 0.4) is 0 Å². The summed E-state index contributed by atoms with van der Waals surface area (Å²) in [6.07, 6.45) is 1.90. The Bertz CT molecular complexity index is 1030. The van der Waals surface area contributed by atoms with E-state index in [0.717, 1.165) is 53.1 Å². The molecule has 146 valence electrons. The molecule has 0 saturated carbocycles. The maximum Gasteiger partial charge on any atom is 0.241 e. The summed E-state index contributed by atoms with van der Waals surface area (Å²) >= 11 is 0. The second-order valence-electron chi connectivity index (χ2n) is 7.70. The Hall–Kier alpha value is -2.73. The Labute approximate surface area is 164 Å². The average molecular weight is 380 g/mol. The smallest absolute Gasteiger partial charge is 0.241 e. The van der Waals surface area contributed by atoms with Gasteiger partial charge in [0.2, 0.25) is 5.91 Å². The van der Waals surface area contributed by atoms with Gasteiger partial charge in [-0.2, -0.15) is 0 Å². The van der Waals surface area contributed by atoms with Crippen LogP contribution in [-0.4, -0.2) is 28.0 Å². The van der Waals surface area contributed by atoms with E-state index in [-0.39, 0.29) is 23.8 Å². The minimum absolute atomic E-state index is 0.0123. The molecule has 2 aromatic carbocycles. The summed E-state index contributed by atoms with van der Waals surface area (Å²) in [5, 5.41) is 6.24. The zero-order valence-corrected chi connectivity index (χ0v) is 16.4. The Morgan fingerprint density at radius 2 is 2.11 bits per heavy atom. The van der Waals surface area contributed by atoms with Crippen molar-refractivity contribution in [2.45, 2.75) is 45.7 Å². The zero-order chi connectivity index (χ0) is 19.8. The molecule has 1 aliphatic rings. The molecular weight excluding hydrogens is 355 g/mol. The fraction of sp³-hybridized carbons (Fsp3) is 0.364. The van der Waals surface area contributed by atoms with Gasteiger partial charge in [-0.1, -0.05) is 0 Å². The summed E-state index contributed by atoms with van der Waals surface area (Å²) in [7, 11) is 0. The van der Waals surface area contributed by atoms with Crippen molar-refractivity contribution in [2.75, 3.05) is 11.9 Å². The van der Waals surface area contributed by atoms with Crippen molar-refractivity contribution in [1.82, 2.24) is 14.9 Å². The summed E-state index contributed by atoms with van der Waals surface area (Å²) in [5.41, 5.74) is 4.28. The highest BCUT2D eigenvalue weighted by molar-refractivity contribution is 5.96. The van der Waals surface area contributed by atoms with Crippen LogP contribution >= 0.6 is 0 Å². The fourth-order valence-corrected chi connectivity index (χ4v) is 3.86. The number of hydrogen-bond donors (Lipinski definition) is 2. The van der Waals surface area contributed by atoms with Gasteiger partial charge in [-0.3, -0.25) is 4.79 Å². The number of aromatic nitrogens is 2. The minimum Gasteiger partial charge on any atom is -0.324 e. The molecule has 0 aliphatic carbocycles. The fourth-order valence-electron chi connectivity index (χ4n) is 3.86. The molecular formula is C22H25FN4O. The Kier molecular flexibility index (Phi) is 4.89. The van der Waals surface area contributed by atoms with Gasteiger partial charge < -0.3 is 15.2 Å². The highest BCUT2D eigenvalue weighted by atomic mass is 19.1. The maximum absolute atomic E-state index is 13.8. The molecule has 0 spiro atoms. The van der Waals surface area contributed by atoms with E-state index < -0.39 is 0 Å². The van der Waals surface area contributed by atoms with Crippen molar-refractivity contribution in [3.8, 4) is 11.4 Å². The number of benzene rings is 2. The number of rotatable bonds is 4. The van der Waals surface area contributed by atoms with Crippen LogP contribution in [0.25, 0.3) is 22.4 Å². The monoisotopic (exact) mass is 380 g/mol. The van der Waals surface area contributed by atoms with Gasteiger partial charge >= 0.3 is 0 Å². The third-order valence-electron chi connectivity index (χ3n) is 5.29. The number of aryl methyl sites for hydroxylation is 1. The topological polar surface area (TPSA) is 59.0 Å². The van der Waals surface area contributed by atoms with Crippen molar-refractivity contribution in [1.29, 1.82) is 0 Å². The molecule has 1 fully saturated rings. The second-order valence-corrected chi connectivity index (χ2v) is 7.70. The number of halogens is 1. The van der Waals surface area contributed by atoms with Gasteiger partial charge in [-0.05, 0) is 82.1 Å². The highest BCUT2D eigenvalue weighted by Gasteiger charge is 2.22. The van der Waals surface area contributed by atoms with E-state index in [1.807, 2.05) is 29.7 Å². The van der Waals surface area contributed by atoms with Crippen LogP contribution in [0, 0.1) is 12.7 Å². The second kappa shape index (κ2) is 7.36. The van der Waals surface area contributed by atoms with Gasteiger partial charge in [-0.25, -0.2) is 9.37 Å². The largest absolute Gasteiger partial charge is 0.324 e. The van der Waals surface area contributed by atoms with Crippen LogP contribution in [0.1, 0.15) is 38.3 Å². The maximum atomic E-state index is 13.8. The van der Waals surface area contributed by atoms with E-state index in [2.05, 4.69) is 24.5 Å². The lowest BCUT2D eigenvalue weighted by Gasteiger charge is -2.16. The van der Waals surface area contributed by atoms with Crippen molar-refractivity contribution in [2.24, 2.45) is 0 Å². The van der Waals surface area contributed by atoms with E-state index in [0.29, 0.717) is 0 Å². The molecule has 6 heteroatoms. The highest BCUT2D eigenvalue weighted by Crippen LogP contribution is 2.31. The number of carbonyl (C=O) groups is 1. The number of amides is 1. The van der Waals surface area contributed by atoms with Crippen LogP contribution in [0.4, 0.5) is 10.1 Å². The summed E-state index contributed by atoms with van der Waals surface area (Å²) in [5.74, 6) is 0.544. The van der Waals surface area contributed by atoms with E-state index in [9.17, 15) is 9.18 Å². The molecule has 4 rings (SSSR count). The predicted octanol–water partition coefficient (Wildman–Crippen LogP) is 4.42. The van der Waals surface area contributed by atoms with Crippen molar-refractivity contribution in [3.63, 3.8) is 0 Å². The van der Waals surface area contributed by atoms with Gasteiger partial charge in [0.1, 0.15) is 11.6 Å². The first-order chi connectivity index (χ1) is 13.4. The number of hydrogen-bond acceptors (Lipinski definition) is 3. The van der Waals surface area contributed by atoms with Gasteiger partial charge in [0, 0.05) is 17.3 Å². The number of fused-ring (bicyclic) bond motifs is 1. The zero-order valence-electron chi connectivity index (χ0n) is 16.4. The molecule has 28 heavy (non-hydrogen) atoms. The molecule has 0 bridgehead atoms. The number of carbonyl (C=O) groups excluding carboxylic acids is 1. The number of nitrogens with zero attached hydrogens (tertiary/aromatic N) is 2. The predicted molar refractivity (Wildman–Crippen MR) is 110 cm³/mol. The molecule has 1 saturated heterocycles. The first-order valence-corrected chi connectivity index (χ1v) is 9.77. The molecule has 1 unspecified atom stereocenters. The Morgan fingerprint density at radius 1 is 1.29 bits per heavy atom. The summed E-state index contributed by atoms with van der Waals surface area (Å²) in [6.45, 7) is 6.99. The lowest BCUT2D eigenvalue weighted by Crippen LogP contribution is -2.35. The summed E-state index contributed by atoms with van der Waals surface area (Å²) in [6, 6.07) is 10.6. The van der Waals surface area contributed by atoms with E-state index in [1.54, 1.807) is 6.07 Å². The van der Waals surface area contributed by atoms with Crippen molar-refractivity contribution >= 4 is 22.6 Å². The average Bonchev–Trinajstić information content (AvgIpc) is 3.30. The van der Waals surface area contributed by atoms with Gasteiger partial charge in [0.25, 0.3) is 0 Å². The van der Waals surface area contributed by atoms with Crippen molar-refractivity contribution < 1.29 is 9.18 Å². The third kappa shape index (κ3) is 3.40.